The first kappa shape index (κ1) is 23.5. The second-order valence-electron chi connectivity index (χ2n) is 8.92. The fourth-order valence-electron chi connectivity index (χ4n) is 3.39. The van der Waals surface area contributed by atoms with Gasteiger partial charge >= 0.3 is 0 Å². The second kappa shape index (κ2) is 9.32. The molecule has 3 heterocycles. The van der Waals surface area contributed by atoms with E-state index in [1.165, 1.54) is 11.3 Å². The molecule has 2 amide bonds. The number of rotatable bonds is 6. The topological polar surface area (TPSA) is 122 Å². The van der Waals surface area contributed by atoms with E-state index in [4.69, 9.17) is 0 Å². The number of thiazole rings is 1. The van der Waals surface area contributed by atoms with Crippen LogP contribution in [0.25, 0.3) is 10.3 Å². The molecule has 0 radical (unpaired) electrons. The van der Waals surface area contributed by atoms with Gasteiger partial charge in [0, 0.05) is 18.0 Å². The van der Waals surface area contributed by atoms with Crippen molar-refractivity contribution in [1.82, 2.24) is 25.1 Å². The van der Waals surface area contributed by atoms with E-state index >= 15 is 0 Å². The number of pyridine rings is 1. The number of aryl methyl sites for hydroxylation is 1. The number of nitrogens with zero attached hydrogens (tertiary/aromatic N) is 4. The summed E-state index contributed by atoms with van der Waals surface area (Å²) in [5.41, 5.74) is 2.49. The van der Waals surface area contributed by atoms with Crippen molar-refractivity contribution in [3.63, 3.8) is 0 Å². The number of carbonyl (C=O) groups excluding carboxylic acids is 2. The highest BCUT2D eigenvalue weighted by Crippen LogP contribution is 2.32. The van der Waals surface area contributed by atoms with Crippen molar-refractivity contribution < 1.29 is 14.7 Å². The summed E-state index contributed by atoms with van der Waals surface area (Å²) in [7, 11) is 0. The fourth-order valence-corrected chi connectivity index (χ4v) is 4.31. The minimum Gasteiger partial charge on any atom is -0.394 e. The standard InChI is InChI=1S/C24H26N6O3S/c1-14-7-9-15(10-8-14)21(32)28-23-27-20-19(34-23)18(29-30(20)24(2,3)4)22(33)26-17(13-31)16-6-5-11-25-12-16/h5-12,17,31H,13H2,1-4H3,(H,26,33)(H,27,28,32). The van der Waals surface area contributed by atoms with E-state index in [0.717, 1.165) is 5.56 Å². The Morgan fingerprint density at radius 2 is 1.88 bits per heavy atom. The first-order valence-electron chi connectivity index (χ1n) is 10.8. The lowest BCUT2D eigenvalue weighted by molar-refractivity contribution is 0.0910. The van der Waals surface area contributed by atoms with Crippen LogP contribution in [0, 0.1) is 6.92 Å². The lowest BCUT2D eigenvalue weighted by atomic mass is 10.1. The van der Waals surface area contributed by atoms with Gasteiger partial charge in [-0.2, -0.15) is 10.1 Å². The molecule has 0 aliphatic rings. The summed E-state index contributed by atoms with van der Waals surface area (Å²) in [4.78, 5) is 34.5. The van der Waals surface area contributed by atoms with Crippen LogP contribution >= 0.6 is 11.3 Å². The number of carbonyl (C=O) groups is 2. The van der Waals surface area contributed by atoms with Crippen molar-refractivity contribution in [1.29, 1.82) is 0 Å². The molecule has 176 valence electrons. The van der Waals surface area contributed by atoms with Crippen LogP contribution in [0.4, 0.5) is 5.13 Å². The molecule has 4 aromatic rings. The van der Waals surface area contributed by atoms with Crippen molar-refractivity contribution in [3.8, 4) is 0 Å². The first-order chi connectivity index (χ1) is 16.2. The van der Waals surface area contributed by atoms with Crippen LogP contribution < -0.4 is 10.6 Å². The molecule has 34 heavy (non-hydrogen) atoms. The molecule has 3 N–H and O–H groups in total. The van der Waals surface area contributed by atoms with Gasteiger partial charge in [-0.15, -0.1) is 0 Å². The quantitative estimate of drug-likeness (QED) is 0.389. The Hall–Kier alpha value is -3.63. The molecular weight excluding hydrogens is 452 g/mol. The number of anilines is 1. The van der Waals surface area contributed by atoms with E-state index in [-0.39, 0.29) is 18.2 Å². The monoisotopic (exact) mass is 478 g/mol. The molecule has 0 saturated heterocycles. The number of benzene rings is 1. The number of aromatic nitrogens is 4. The Morgan fingerprint density at radius 3 is 2.50 bits per heavy atom. The molecule has 0 fully saturated rings. The van der Waals surface area contributed by atoms with Crippen LogP contribution in [0.15, 0.2) is 48.8 Å². The molecule has 0 bridgehead atoms. The van der Waals surface area contributed by atoms with Crippen molar-refractivity contribution in [2.75, 3.05) is 11.9 Å². The number of aliphatic hydroxyl groups is 1. The lowest BCUT2D eigenvalue weighted by Crippen LogP contribution is -2.32. The number of nitrogens with one attached hydrogen (secondary N) is 2. The molecule has 1 unspecified atom stereocenters. The number of fused-ring (bicyclic) bond motifs is 1. The third kappa shape index (κ3) is 4.82. The van der Waals surface area contributed by atoms with Gasteiger partial charge in [-0.25, -0.2) is 4.68 Å². The largest absolute Gasteiger partial charge is 0.394 e. The zero-order valence-corrected chi connectivity index (χ0v) is 20.2. The van der Waals surface area contributed by atoms with E-state index in [0.29, 0.717) is 26.6 Å². The number of aliphatic hydroxyl groups excluding tert-OH is 1. The molecule has 3 aromatic heterocycles. The highest BCUT2D eigenvalue weighted by Gasteiger charge is 2.28. The SMILES string of the molecule is Cc1ccc(C(=O)Nc2nc3c(s2)c(C(=O)NC(CO)c2cccnc2)nn3C(C)(C)C)cc1. The number of hydrogen-bond acceptors (Lipinski definition) is 7. The lowest BCUT2D eigenvalue weighted by Gasteiger charge is -2.19. The zero-order chi connectivity index (χ0) is 24.5. The number of hydrogen-bond donors (Lipinski definition) is 3. The maximum Gasteiger partial charge on any atom is 0.273 e. The maximum atomic E-state index is 13.2. The second-order valence-corrected chi connectivity index (χ2v) is 9.92. The van der Waals surface area contributed by atoms with E-state index in [2.05, 4.69) is 25.7 Å². The predicted octanol–water partition coefficient (Wildman–Crippen LogP) is 3.67. The summed E-state index contributed by atoms with van der Waals surface area (Å²) in [5, 5.41) is 20.4. The Balaban J connectivity index is 1.66. The molecule has 0 aliphatic carbocycles. The smallest absolute Gasteiger partial charge is 0.273 e. The van der Waals surface area contributed by atoms with Crippen LogP contribution in [-0.2, 0) is 5.54 Å². The molecule has 10 heteroatoms. The van der Waals surface area contributed by atoms with Crippen molar-refractivity contribution >= 4 is 38.6 Å². The molecule has 0 aliphatic heterocycles. The summed E-state index contributed by atoms with van der Waals surface area (Å²) in [6.45, 7) is 7.53. The Morgan fingerprint density at radius 1 is 1.15 bits per heavy atom. The summed E-state index contributed by atoms with van der Waals surface area (Å²) in [6.07, 6.45) is 3.22. The van der Waals surface area contributed by atoms with Crippen molar-refractivity contribution in [3.05, 3.63) is 71.2 Å². The Bertz CT molecular complexity index is 1320. The molecule has 0 saturated carbocycles. The predicted molar refractivity (Wildman–Crippen MR) is 131 cm³/mol. The van der Waals surface area contributed by atoms with Gasteiger partial charge in [-0.3, -0.25) is 19.9 Å². The van der Waals surface area contributed by atoms with E-state index in [1.807, 2.05) is 39.8 Å². The molecule has 9 nitrogen and oxygen atoms in total. The summed E-state index contributed by atoms with van der Waals surface area (Å²) < 4.78 is 2.22. The van der Waals surface area contributed by atoms with Gasteiger partial charge in [0.25, 0.3) is 11.8 Å². The van der Waals surface area contributed by atoms with Gasteiger partial charge < -0.3 is 10.4 Å². The van der Waals surface area contributed by atoms with E-state index in [9.17, 15) is 14.7 Å². The Kier molecular flexibility index (Phi) is 6.45. The van der Waals surface area contributed by atoms with E-state index in [1.54, 1.807) is 41.3 Å². The van der Waals surface area contributed by atoms with Crippen LogP contribution in [0.1, 0.15) is 58.8 Å². The minimum atomic E-state index is -0.635. The maximum absolute atomic E-state index is 13.2. The average molecular weight is 479 g/mol. The third-order valence-corrected chi connectivity index (χ3v) is 6.15. The summed E-state index contributed by atoms with van der Waals surface area (Å²) in [6, 6.07) is 10.1. The number of amides is 2. The summed E-state index contributed by atoms with van der Waals surface area (Å²) in [5.74, 6) is -0.731. The van der Waals surface area contributed by atoms with Crippen molar-refractivity contribution in [2.24, 2.45) is 0 Å². The molecule has 0 spiro atoms. The molecule has 4 rings (SSSR count). The van der Waals surface area contributed by atoms with Crippen LogP contribution in [0.3, 0.4) is 0 Å². The van der Waals surface area contributed by atoms with Gasteiger partial charge in [-0.1, -0.05) is 35.1 Å². The van der Waals surface area contributed by atoms with Crippen LogP contribution in [-0.4, -0.2) is 43.3 Å². The van der Waals surface area contributed by atoms with Crippen LogP contribution in [0.2, 0.25) is 0 Å². The van der Waals surface area contributed by atoms with Crippen molar-refractivity contribution in [2.45, 2.75) is 39.3 Å². The summed E-state index contributed by atoms with van der Waals surface area (Å²) >= 11 is 1.18. The molecular formula is C24H26N6O3S. The molecule has 1 aromatic carbocycles. The highest BCUT2D eigenvalue weighted by atomic mass is 32.1. The molecule has 1 atom stereocenters. The van der Waals surface area contributed by atoms with Gasteiger partial charge in [0.2, 0.25) is 0 Å². The van der Waals surface area contributed by atoms with E-state index < -0.39 is 17.5 Å². The Labute approximate surface area is 200 Å². The normalized spacial score (nSPS) is 12.5. The fraction of sp³-hybridized carbons (Fsp3) is 0.292. The van der Waals surface area contributed by atoms with Gasteiger partial charge in [0.1, 0.15) is 4.70 Å². The average Bonchev–Trinajstić information content (AvgIpc) is 3.36. The third-order valence-electron chi connectivity index (χ3n) is 5.18. The van der Waals surface area contributed by atoms with Gasteiger partial charge in [-0.05, 0) is 51.5 Å². The highest BCUT2D eigenvalue weighted by molar-refractivity contribution is 7.22. The van der Waals surface area contributed by atoms with Gasteiger partial charge in [0.05, 0.1) is 18.2 Å². The van der Waals surface area contributed by atoms with Crippen LogP contribution in [0.5, 0.6) is 0 Å². The first-order valence-corrected chi connectivity index (χ1v) is 11.6. The minimum absolute atomic E-state index is 0.181. The van der Waals surface area contributed by atoms with Gasteiger partial charge in [0.15, 0.2) is 16.5 Å². The zero-order valence-electron chi connectivity index (χ0n) is 19.4.